The number of carboxylic acid groups (broad SMARTS) is 1. The van der Waals surface area contributed by atoms with E-state index >= 15 is 0 Å². The zero-order valence-electron chi connectivity index (χ0n) is 13.8. The Hall–Kier alpha value is -3.32. The van der Waals surface area contributed by atoms with Crippen LogP contribution < -0.4 is 10.3 Å². The van der Waals surface area contributed by atoms with Gasteiger partial charge in [0.1, 0.15) is 17.8 Å². The molecule has 2 rings (SSSR count). The second kappa shape index (κ2) is 9.24. The van der Waals surface area contributed by atoms with Crippen molar-refractivity contribution < 1.29 is 29.7 Å². The van der Waals surface area contributed by atoms with Crippen molar-refractivity contribution in [3.8, 4) is 17.2 Å². The average molecular weight is 357 g/mol. The van der Waals surface area contributed by atoms with Crippen LogP contribution in [0.2, 0.25) is 0 Å². The summed E-state index contributed by atoms with van der Waals surface area (Å²) in [5.41, 5.74) is 4.00. The van der Waals surface area contributed by atoms with E-state index in [1.807, 2.05) is 0 Å². The van der Waals surface area contributed by atoms with Crippen LogP contribution in [0.5, 0.6) is 17.2 Å². The third-order valence-corrected chi connectivity index (χ3v) is 3.44. The predicted molar refractivity (Wildman–Crippen MR) is 95.6 cm³/mol. The van der Waals surface area contributed by atoms with Crippen molar-refractivity contribution in [3.05, 3.63) is 53.6 Å². The van der Waals surface area contributed by atoms with Crippen molar-refractivity contribution in [2.45, 2.75) is 18.9 Å². The molecule has 2 aromatic rings. The van der Waals surface area contributed by atoms with Crippen LogP contribution in [-0.2, 0) is 9.59 Å². The molecule has 1 atom stereocenters. The molecule has 0 amide bonds. The summed E-state index contributed by atoms with van der Waals surface area (Å²) >= 11 is 0. The first-order valence-corrected chi connectivity index (χ1v) is 7.87. The summed E-state index contributed by atoms with van der Waals surface area (Å²) in [5, 5.41) is 27.7. The minimum atomic E-state index is -1.00. The standard InChI is InChI=1S/C19H19NO6/c21-12-15(5-8-19(24)25)20-26-18-10-14(9-17(23)11-18)2-1-13-3-6-16(22)7-4-13/h1-4,6-7,9-12,15,20,22-23H,5,8H2,(H,24,25)/b2-1+/t15-/m1/s1. The maximum Gasteiger partial charge on any atom is 0.303 e. The third kappa shape index (κ3) is 6.29. The Morgan fingerprint density at radius 2 is 1.73 bits per heavy atom. The molecule has 7 heteroatoms. The normalized spacial score (nSPS) is 12.0. The van der Waals surface area contributed by atoms with Crippen LogP contribution in [0.25, 0.3) is 12.2 Å². The molecule has 0 unspecified atom stereocenters. The lowest BCUT2D eigenvalue weighted by Crippen LogP contribution is -2.33. The lowest BCUT2D eigenvalue weighted by molar-refractivity contribution is -0.137. The molecule has 136 valence electrons. The summed E-state index contributed by atoms with van der Waals surface area (Å²) in [6.07, 6.45) is 4.04. The van der Waals surface area contributed by atoms with Gasteiger partial charge in [0.05, 0.1) is 6.04 Å². The second-order valence-electron chi connectivity index (χ2n) is 5.58. The summed E-state index contributed by atoms with van der Waals surface area (Å²) in [6, 6.07) is 10.4. The molecule has 7 nitrogen and oxygen atoms in total. The van der Waals surface area contributed by atoms with E-state index in [2.05, 4.69) is 5.48 Å². The van der Waals surface area contributed by atoms with Crippen LogP contribution in [0.15, 0.2) is 42.5 Å². The summed E-state index contributed by atoms with van der Waals surface area (Å²) in [7, 11) is 0. The quantitative estimate of drug-likeness (QED) is 0.310. The zero-order valence-corrected chi connectivity index (χ0v) is 13.8. The summed E-state index contributed by atoms with van der Waals surface area (Å²) in [6.45, 7) is 0. The Labute approximate surface area is 150 Å². The van der Waals surface area contributed by atoms with Gasteiger partial charge >= 0.3 is 5.97 Å². The third-order valence-electron chi connectivity index (χ3n) is 3.44. The van der Waals surface area contributed by atoms with Crippen molar-refractivity contribution in [1.29, 1.82) is 0 Å². The molecule has 0 bridgehead atoms. The van der Waals surface area contributed by atoms with Gasteiger partial charge < -0.3 is 25.0 Å². The van der Waals surface area contributed by atoms with Gasteiger partial charge in [0.15, 0.2) is 5.75 Å². The average Bonchev–Trinajstić information content (AvgIpc) is 2.61. The van der Waals surface area contributed by atoms with Crippen LogP contribution in [-0.4, -0.2) is 33.6 Å². The number of rotatable bonds is 9. The van der Waals surface area contributed by atoms with Crippen molar-refractivity contribution in [2.24, 2.45) is 0 Å². The minimum absolute atomic E-state index is 0.0251. The second-order valence-corrected chi connectivity index (χ2v) is 5.58. The number of phenolic OH excluding ortho intramolecular Hbond substituents is 2. The number of aliphatic carboxylic acids is 1. The van der Waals surface area contributed by atoms with E-state index in [9.17, 15) is 19.8 Å². The lowest BCUT2D eigenvalue weighted by Gasteiger charge is -2.13. The maximum absolute atomic E-state index is 10.9. The van der Waals surface area contributed by atoms with Crippen molar-refractivity contribution in [1.82, 2.24) is 5.48 Å². The van der Waals surface area contributed by atoms with E-state index in [0.29, 0.717) is 11.8 Å². The number of nitrogens with one attached hydrogen (secondary N) is 1. The SMILES string of the molecule is O=C[C@@H](CCC(=O)O)NOc1cc(O)cc(/C=C/c2ccc(O)cc2)c1. The molecule has 0 saturated carbocycles. The molecular formula is C19H19NO6. The minimum Gasteiger partial charge on any atom is -0.508 e. The van der Waals surface area contributed by atoms with Crippen molar-refractivity contribution >= 4 is 24.4 Å². The fraction of sp³-hybridized carbons (Fsp3) is 0.158. The molecule has 4 N–H and O–H groups in total. The fourth-order valence-electron chi connectivity index (χ4n) is 2.12. The summed E-state index contributed by atoms with van der Waals surface area (Å²) in [5.74, 6) is -0.577. The predicted octanol–water partition coefficient (Wildman–Crippen LogP) is 2.58. The Balaban J connectivity index is 2.02. The number of carboxylic acids is 1. The number of carbonyl (C=O) groups excluding carboxylic acids is 1. The van der Waals surface area contributed by atoms with E-state index in [1.54, 1.807) is 42.5 Å². The molecule has 0 aliphatic carbocycles. The summed E-state index contributed by atoms with van der Waals surface area (Å²) in [4.78, 5) is 26.8. The number of hydroxylamine groups is 1. The lowest BCUT2D eigenvalue weighted by atomic mass is 10.1. The van der Waals surface area contributed by atoms with E-state index in [0.717, 1.165) is 5.56 Å². The highest BCUT2D eigenvalue weighted by Crippen LogP contribution is 2.23. The first kappa shape index (κ1) is 19.0. The highest BCUT2D eigenvalue weighted by Gasteiger charge is 2.10. The van der Waals surface area contributed by atoms with E-state index in [4.69, 9.17) is 9.94 Å². The van der Waals surface area contributed by atoms with Crippen LogP contribution in [0, 0.1) is 0 Å². The number of aldehydes is 1. The topological polar surface area (TPSA) is 116 Å². The molecule has 0 aromatic heterocycles. The fourth-order valence-corrected chi connectivity index (χ4v) is 2.12. The van der Waals surface area contributed by atoms with Gasteiger partial charge in [0.2, 0.25) is 0 Å². The molecule has 0 saturated heterocycles. The molecule has 0 spiro atoms. The highest BCUT2D eigenvalue weighted by atomic mass is 16.6. The molecule has 0 heterocycles. The van der Waals surface area contributed by atoms with Crippen LogP contribution in [0.1, 0.15) is 24.0 Å². The van der Waals surface area contributed by atoms with Gasteiger partial charge in [-0.2, -0.15) is 0 Å². The molecular weight excluding hydrogens is 338 g/mol. The van der Waals surface area contributed by atoms with Crippen LogP contribution in [0.3, 0.4) is 0 Å². The molecule has 26 heavy (non-hydrogen) atoms. The molecule has 0 aliphatic heterocycles. The largest absolute Gasteiger partial charge is 0.508 e. The van der Waals surface area contributed by atoms with E-state index < -0.39 is 12.0 Å². The first-order valence-electron chi connectivity index (χ1n) is 7.87. The van der Waals surface area contributed by atoms with Gasteiger partial charge in [-0.15, -0.1) is 5.48 Å². The molecule has 2 aromatic carbocycles. The van der Waals surface area contributed by atoms with E-state index in [1.165, 1.54) is 12.1 Å². The van der Waals surface area contributed by atoms with Crippen molar-refractivity contribution in [2.75, 3.05) is 0 Å². The Morgan fingerprint density at radius 3 is 2.38 bits per heavy atom. The first-order chi connectivity index (χ1) is 12.5. The monoisotopic (exact) mass is 357 g/mol. The van der Waals surface area contributed by atoms with Gasteiger partial charge in [-0.25, -0.2) is 0 Å². The van der Waals surface area contributed by atoms with Gasteiger partial charge in [0.25, 0.3) is 0 Å². The Morgan fingerprint density at radius 1 is 1.04 bits per heavy atom. The Bertz CT molecular complexity index is 785. The number of benzene rings is 2. The number of hydrogen-bond donors (Lipinski definition) is 4. The van der Waals surface area contributed by atoms with Gasteiger partial charge in [-0.3, -0.25) is 4.79 Å². The number of aromatic hydroxyl groups is 2. The van der Waals surface area contributed by atoms with Gasteiger partial charge in [-0.05, 0) is 41.8 Å². The van der Waals surface area contributed by atoms with Gasteiger partial charge in [-0.1, -0.05) is 24.3 Å². The van der Waals surface area contributed by atoms with Crippen LogP contribution >= 0.6 is 0 Å². The smallest absolute Gasteiger partial charge is 0.303 e. The van der Waals surface area contributed by atoms with E-state index in [-0.39, 0.29) is 30.1 Å². The highest BCUT2D eigenvalue weighted by molar-refractivity contribution is 5.71. The van der Waals surface area contributed by atoms with Crippen LogP contribution in [0.4, 0.5) is 0 Å². The molecule has 0 radical (unpaired) electrons. The summed E-state index contributed by atoms with van der Waals surface area (Å²) < 4.78 is 0. The molecule has 0 aliphatic rings. The number of phenols is 2. The van der Waals surface area contributed by atoms with Crippen molar-refractivity contribution in [3.63, 3.8) is 0 Å². The zero-order chi connectivity index (χ0) is 18.9. The molecule has 0 fully saturated rings. The number of hydrogen-bond acceptors (Lipinski definition) is 6. The maximum atomic E-state index is 10.9. The number of carbonyl (C=O) groups is 2. The Kier molecular flexibility index (Phi) is 6.75. The van der Waals surface area contributed by atoms with Gasteiger partial charge in [0, 0.05) is 12.5 Å².